The molecule has 0 bridgehead atoms. The second kappa shape index (κ2) is 10.9. The van der Waals surface area contributed by atoms with Crippen molar-refractivity contribution >= 4 is 29.3 Å². The normalized spacial score (nSPS) is 20.3. The predicted molar refractivity (Wildman–Crippen MR) is 148 cm³/mol. The summed E-state index contributed by atoms with van der Waals surface area (Å²) in [5.41, 5.74) is 6.09. The van der Waals surface area contributed by atoms with Gasteiger partial charge in [-0.05, 0) is 41.3 Å². The van der Waals surface area contributed by atoms with Gasteiger partial charge in [0.15, 0.2) is 0 Å². The molecule has 0 aliphatic carbocycles. The van der Waals surface area contributed by atoms with E-state index in [1.165, 1.54) is 11.1 Å². The van der Waals surface area contributed by atoms with Crippen LogP contribution >= 0.6 is 11.6 Å². The number of piperidine rings is 1. The molecule has 2 fully saturated rings. The molecule has 0 spiro atoms. The fourth-order valence-electron chi connectivity index (χ4n) is 5.77. The average Bonchev–Trinajstić information content (AvgIpc) is 3.26. The lowest BCUT2D eigenvalue weighted by atomic mass is 10.0. The van der Waals surface area contributed by atoms with Gasteiger partial charge in [-0.1, -0.05) is 48.0 Å². The van der Waals surface area contributed by atoms with E-state index in [1.54, 1.807) is 11.1 Å². The highest BCUT2D eigenvalue weighted by Crippen LogP contribution is 2.29. The van der Waals surface area contributed by atoms with Gasteiger partial charge < -0.3 is 4.90 Å². The average molecular weight is 544 g/mol. The summed E-state index contributed by atoms with van der Waals surface area (Å²) in [5, 5.41) is 2.99. The van der Waals surface area contributed by atoms with Gasteiger partial charge in [0.2, 0.25) is 11.8 Å². The van der Waals surface area contributed by atoms with Gasteiger partial charge in [0.1, 0.15) is 6.04 Å². The Labute approximate surface area is 232 Å². The van der Waals surface area contributed by atoms with E-state index in [0.717, 1.165) is 56.1 Å². The van der Waals surface area contributed by atoms with Crippen LogP contribution in [0.1, 0.15) is 39.9 Å². The number of benzene rings is 2. The Balaban J connectivity index is 1.06. The summed E-state index contributed by atoms with van der Waals surface area (Å²) in [6.07, 6.45) is 2.33. The first-order valence-electron chi connectivity index (χ1n) is 13.4. The first-order valence-corrected chi connectivity index (χ1v) is 13.7. The van der Waals surface area contributed by atoms with Gasteiger partial charge >= 0.3 is 0 Å². The van der Waals surface area contributed by atoms with E-state index in [4.69, 9.17) is 11.6 Å². The highest BCUT2D eigenvalue weighted by Gasteiger charge is 2.39. The maximum atomic E-state index is 13.0. The van der Waals surface area contributed by atoms with Crippen molar-refractivity contribution in [1.29, 1.82) is 0 Å². The van der Waals surface area contributed by atoms with Crippen molar-refractivity contribution in [3.8, 4) is 11.3 Å². The lowest BCUT2D eigenvalue weighted by Gasteiger charge is -2.35. The highest BCUT2D eigenvalue weighted by molar-refractivity contribution is 6.30. The van der Waals surface area contributed by atoms with E-state index < -0.39 is 6.04 Å². The maximum absolute atomic E-state index is 13.0. The molecule has 1 unspecified atom stereocenters. The van der Waals surface area contributed by atoms with Crippen LogP contribution in [0.2, 0.25) is 5.02 Å². The second-order valence-electron chi connectivity index (χ2n) is 10.5. The minimum absolute atomic E-state index is 0.131. The van der Waals surface area contributed by atoms with E-state index in [2.05, 4.69) is 44.4 Å². The summed E-state index contributed by atoms with van der Waals surface area (Å²) >= 11 is 6.03. The molecule has 3 aromatic rings. The summed E-state index contributed by atoms with van der Waals surface area (Å²) in [6, 6.07) is 17.7. The number of carbonyl (C=O) groups is 3. The molecule has 1 atom stereocenters. The zero-order valence-electron chi connectivity index (χ0n) is 21.6. The monoisotopic (exact) mass is 543 g/mol. The molecule has 39 heavy (non-hydrogen) atoms. The number of carbonyl (C=O) groups excluding carboxylic acids is 3. The van der Waals surface area contributed by atoms with Crippen molar-refractivity contribution in [1.82, 2.24) is 25.0 Å². The summed E-state index contributed by atoms with van der Waals surface area (Å²) in [7, 11) is 0. The van der Waals surface area contributed by atoms with Crippen LogP contribution in [-0.4, -0.2) is 69.6 Å². The van der Waals surface area contributed by atoms with Crippen LogP contribution in [0.15, 0.2) is 60.8 Å². The van der Waals surface area contributed by atoms with Crippen molar-refractivity contribution in [2.24, 2.45) is 0 Å². The third kappa shape index (κ3) is 5.45. The molecular formula is C30H30ClN5O3. The molecular weight excluding hydrogens is 514 g/mol. The predicted octanol–water partition coefficient (Wildman–Crippen LogP) is 3.48. The Kier molecular flexibility index (Phi) is 7.16. The molecule has 2 saturated heterocycles. The van der Waals surface area contributed by atoms with Crippen LogP contribution in [-0.2, 0) is 29.2 Å². The molecule has 3 aliphatic rings. The third-order valence-electron chi connectivity index (χ3n) is 7.87. The zero-order chi connectivity index (χ0) is 26.9. The number of nitrogens with zero attached hydrogens (tertiary/aromatic N) is 4. The Morgan fingerprint density at radius 1 is 0.897 bits per heavy atom. The fraction of sp³-hybridized carbons (Fsp3) is 0.333. The first kappa shape index (κ1) is 25.7. The number of pyridine rings is 1. The van der Waals surface area contributed by atoms with Crippen molar-refractivity contribution in [2.75, 3.05) is 26.2 Å². The third-order valence-corrected chi connectivity index (χ3v) is 8.10. The Hall–Kier alpha value is -3.59. The number of rotatable bonds is 6. The van der Waals surface area contributed by atoms with E-state index in [9.17, 15) is 14.4 Å². The molecule has 3 aliphatic heterocycles. The number of piperazine rings is 1. The van der Waals surface area contributed by atoms with Gasteiger partial charge in [-0.3, -0.25) is 34.5 Å². The lowest BCUT2D eigenvalue weighted by Crippen LogP contribution is -2.52. The van der Waals surface area contributed by atoms with Crippen molar-refractivity contribution in [3.05, 3.63) is 88.1 Å². The minimum Gasteiger partial charge on any atom is -0.322 e. The molecule has 200 valence electrons. The van der Waals surface area contributed by atoms with Crippen molar-refractivity contribution in [2.45, 2.75) is 38.5 Å². The quantitative estimate of drug-likeness (QED) is 0.479. The molecule has 9 heteroatoms. The SMILES string of the molecule is O=C1CCC(N2Cc3cc(CN4CCN(Cc5ccccc5-c5ccc(Cl)cn5)CC4)ccc3C2=O)C(=O)N1. The van der Waals surface area contributed by atoms with Crippen molar-refractivity contribution < 1.29 is 14.4 Å². The number of halogens is 1. The standard InChI is InChI=1S/C30H30ClN5O3/c31-23-6-8-26(32-16-23)24-4-2-1-3-21(24)18-35-13-11-34(12-14-35)17-20-5-7-25-22(15-20)19-36(30(25)39)27-9-10-28(37)33-29(27)38/h1-8,15-16,27H,9-14,17-19H2,(H,33,37,38). The summed E-state index contributed by atoms with van der Waals surface area (Å²) in [5.74, 6) is -0.781. The summed E-state index contributed by atoms with van der Waals surface area (Å²) < 4.78 is 0. The number of hydrogen-bond donors (Lipinski definition) is 1. The van der Waals surface area contributed by atoms with Gasteiger partial charge in [-0.15, -0.1) is 0 Å². The van der Waals surface area contributed by atoms with E-state index in [1.807, 2.05) is 30.3 Å². The Morgan fingerprint density at radius 3 is 2.41 bits per heavy atom. The number of amides is 3. The minimum atomic E-state index is -0.584. The van der Waals surface area contributed by atoms with Crippen LogP contribution in [0, 0.1) is 0 Å². The number of nitrogens with one attached hydrogen (secondary N) is 1. The van der Waals surface area contributed by atoms with Crippen LogP contribution in [0.5, 0.6) is 0 Å². The Bertz CT molecular complexity index is 1420. The van der Waals surface area contributed by atoms with Crippen LogP contribution < -0.4 is 5.32 Å². The summed E-state index contributed by atoms with van der Waals surface area (Å²) in [6.45, 7) is 5.94. The van der Waals surface area contributed by atoms with Gasteiger partial charge in [0.25, 0.3) is 5.91 Å². The van der Waals surface area contributed by atoms with Gasteiger partial charge in [-0.25, -0.2) is 0 Å². The van der Waals surface area contributed by atoms with Crippen LogP contribution in [0.25, 0.3) is 11.3 Å². The summed E-state index contributed by atoms with van der Waals surface area (Å²) in [4.78, 5) is 47.8. The molecule has 0 saturated carbocycles. The fourth-order valence-corrected chi connectivity index (χ4v) is 5.89. The van der Waals surface area contributed by atoms with Crippen LogP contribution in [0.3, 0.4) is 0 Å². The van der Waals surface area contributed by atoms with Crippen molar-refractivity contribution in [3.63, 3.8) is 0 Å². The van der Waals surface area contributed by atoms with E-state index in [0.29, 0.717) is 23.6 Å². The molecule has 8 nitrogen and oxygen atoms in total. The topological polar surface area (TPSA) is 85.9 Å². The molecule has 6 rings (SSSR count). The van der Waals surface area contributed by atoms with Gasteiger partial charge in [-0.2, -0.15) is 0 Å². The molecule has 1 N–H and O–H groups in total. The van der Waals surface area contributed by atoms with E-state index in [-0.39, 0.29) is 24.1 Å². The number of hydrogen-bond acceptors (Lipinski definition) is 6. The molecule has 0 radical (unpaired) electrons. The van der Waals surface area contributed by atoms with Gasteiger partial charge in [0, 0.05) is 69.6 Å². The zero-order valence-corrected chi connectivity index (χ0v) is 22.4. The number of fused-ring (bicyclic) bond motifs is 1. The first-order chi connectivity index (χ1) is 18.9. The molecule has 2 aromatic carbocycles. The molecule has 1 aromatic heterocycles. The maximum Gasteiger partial charge on any atom is 0.255 e. The smallest absolute Gasteiger partial charge is 0.255 e. The highest BCUT2D eigenvalue weighted by atomic mass is 35.5. The van der Waals surface area contributed by atoms with E-state index >= 15 is 0 Å². The Morgan fingerprint density at radius 2 is 1.67 bits per heavy atom. The van der Waals surface area contributed by atoms with Gasteiger partial charge in [0.05, 0.1) is 10.7 Å². The molecule has 3 amide bonds. The number of aromatic nitrogens is 1. The lowest BCUT2D eigenvalue weighted by molar-refractivity contribution is -0.136. The molecule has 4 heterocycles. The van der Waals surface area contributed by atoms with Crippen LogP contribution in [0.4, 0.5) is 0 Å². The number of imide groups is 1. The largest absolute Gasteiger partial charge is 0.322 e. The second-order valence-corrected chi connectivity index (χ2v) is 10.9.